The van der Waals surface area contributed by atoms with Crippen LogP contribution in [0.15, 0.2) is 27.4 Å². The Hall–Kier alpha value is -2.15. The van der Waals surface area contributed by atoms with Crippen molar-refractivity contribution in [2.45, 2.75) is 45.1 Å². The number of aromatic nitrogens is 2. The summed E-state index contributed by atoms with van der Waals surface area (Å²) in [5, 5.41) is 8.24. The van der Waals surface area contributed by atoms with Gasteiger partial charge in [-0.05, 0) is 52.8 Å². The standard InChI is InChI=1S/C17H23N3O4/c1-17(2,3)24-14(21)10-20-7-4-12(5-8-20)15-18-19-16(23-15)13-6-9-22-11-13/h6,9,11-12H,4-5,7-8,10H2,1-3H3. The van der Waals surface area contributed by atoms with Gasteiger partial charge in [0.2, 0.25) is 5.89 Å². The summed E-state index contributed by atoms with van der Waals surface area (Å²) in [7, 11) is 0. The Balaban J connectivity index is 1.51. The van der Waals surface area contributed by atoms with Crippen LogP contribution >= 0.6 is 0 Å². The molecular formula is C17H23N3O4. The van der Waals surface area contributed by atoms with E-state index < -0.39 is 5.60 Å². The van der Waals surface area contributed by atoms with Crippen molar-refractivity contribution >= 4 is 5.97 Å². The molecule has 1 saturated heterocycles. The van der Waals surface area contributed by atoms with Crippen molar-refractivity contribution < 1.29 is 18.4 Å². The van der Waals surface area contributed by atoms with Gasteiger partial charge in [-0.1, -0.05) is 0 Å². The van der Waals surface area contributed by atoms with Crippen molar-refractivity contribution in [3.05, 3.63) is 24.5 Å². The molecule has 0 amide bonds. The highest BCUT2D eigenvalue weighted by Crippen LogP contribution is 2.29. The molecule has 1 fully saturated rings. The van der Waals surface area contributed by atoms with Gasteiger partial charge in [0, 0.05) is 5.92 Å². The second-order valence-corrected chi connectivity index (χ2v) is 7.09. The largest absolute Gasteiger partial charge is 0.472 e. The molecule has 0 aliphatic carbocycles. The van der Waals surface area contributed by atoms with Crippen LogP contribution in [-0.2, 0) is 9.53 Å². The lowest BCUT2D eigenvalue weighted by molar-refractivity contribution is -0.156. The Morgan fingerprint density at radius 3 is 2.71 bits per heavy atom. The van der Waals surface area contributed by atoms with Crippen LogP contribution < -0.4 is 0 Å². The second kappa shape index (κ2) is 6.76. The molecule has 130 valence electrons. The van der Waals surface area contributed by atoms with Gasteiger partial charge in [-0.3, -0.25) is 9.69 Å². The van der Waals surface area contributed by atoms with Crippen LogP contribution in [0.25, 0.3) is 11.5 Å². The zero-order valence-electron chi connectivity index (χ0n) is 14.3. The quantitative estimate of drug-likeness (QED) is 0.796. The number of hydrogen-bond donors (Lipinski definition) is 0. The Morgan fingerprint density at radius 1 is 1.33 bits per heavy atom. The van der Waals surface area contributed by atoms with Crippen molar-refractivity contribution in [3.8, 4) is 11.5 Å². The van der Waals surface area contributed by atoms with Gasteiger partial charge in [0.25, 0.3) is 5.89 Å². The third-order valence-electron chi connectivity index (χ3n) is 3.92. The molecule has 1 aliphatic heterocycles. The SMILES string of the molecule is CC(C)(C)OC(=O)CN1CCC(c2nnc(-c3ccoc3)o2)CC1. The Kier molecular flexibility index (Phi) is 4.71. The molecule has 0 saturated carbocycles. The second-order valence-electron chi connectivity index (χ2n) is 7.09. The zero-order chi connectivity index (χ0) is 17.2. The number of piperidine rings is 1. The summed E-state index contributed by atoms with van der Waals surface area (Å²) in [5.41, 5.74) is 0.346. The number of carbonyl (C=O) groups excluding carboxylic acids is 1. The first-order chi connectivity index (χ1) is 11.4. The maximum atomic E-state index is 11.9. The molecule has 24 heavy (non-hydrogen) atoms. The van der Waals surface area contributed by atoms with Gasteiger partial charge in [0.05, 0.1) is 18.4 Å². The minimum Gasteiger partial charge on any atom is -0.472 e. The minimum absolute atomic E-state index is 0.180. The van der Waals surface area contributed by atoms with Crippen LogP contribution in [-0.4, -0.2) is 46.3 Å². The number of hydrogen-bond acceptors (Lipinski definition) is 7. The van der Waals surface area contributed by atoms with Crippen LogP contribution in [0.5, 0.6) is 0 Å². The molecule has 0 N–H and O–H groups in total. The molecule has 0 radical (unpaired) electrons. The highest BCUT2D eigenvalue weighted by atomic mass is 16.6. The first-order valence-electron chi connectivity index (χ1n) is 8.21. The average molecular weight is 333 g/mol. The van der Waals surface area contributed by atoms with Crippen LogP contribution in [0.1, 0.15) is 45.4 Å². The van der Waals surface area contributed by atoms with E-state index in [0.29, 0.717) is 18.3 Å². The van der Waals surface area contributed by atoms with E-state index in [4.69, 9.17) is 13.6 Å². The summed E-state index contributed by atoms with van der Waals surface area (Å²) in [6.07, 6.45) is 4.93. The summed E-state index contributed by atoms with van der Waals surface area (Å²) < 4.78 is 16.2. The zero-order valence-corrected chi connectivity index (χ0v) is 14.3. The van der Waals surface area contributed by atoms with Crippen molar-refractivity contribution in [2.24, 2.45) is 0 Å². The lowest BCUT2D eigenvalue weighted by Gasteiger charge is -2.30. The monoisotopic (exact) mass is 333 g/mol. The normalized spacial score (nSPS) is 17.1. The number of esters is 1. The van der Waals surface area contributed by atoms with Crippen LogP contribution in [0.3, 0.4) is 0 Å². The number of likely N-dealkylation sites (tertiary alicyclic amines) is 1. The molecule has 3 rings (SSSR count). The highest BCUT2D eigenvalue weighted by molar-refractivity contribution is 5.72. The number of carbonyl (C=O) groups is 1. The Morgan fingerprint density at radius 2 is 2.08 bits per heavy atom. The molecule has 0 atom stereocenters. The highest BCUT2D eigenvalue weighted by Gasteiger charge is 2.27. The molecule has 3 heterocycles. The maximum Gasteiger partial charge on any atom is 0.320 e. The van der Waals surface area contributed by atoms with Gasteiger partial charge >= 0.3 is 5.97 Å². The summed E-state index contributed by atoms with van der Waals surface area (Å²) in [4.78, 5) is 14.0. The first kappa shape index (κ1) is 16.7. The first-order valence-corrected chi connectivity index (χ1v) is 8.21. The summed E-state index contributed by atoms with van der Waals surface area (Å²) in [6.45, 7) is 7.59. The average Bonchev–Trinajstić information content (AvgIpc) is 3.17. The van der Waals surface area contributed by atoms with Gasteiger partial charge < -0.3 is 13.6 Å². The van der Waals surface area contributed by atoms with Crippen molar-refractivity contribution in [2.75, 3.05) is 19.6 Å². The number of nitrogens with zero attached hydrogens (tertiary/aromatic N) is 3. The summed E-state index contributed by atoms with van der Waals surface area (Å²) in [6, 6.07) is 1.79. The predicted molar refractivity (Wildman–Crippen MR) is 86.3 cm³/mol. The van der Waals surface area contributed by atoms with Gasteiger partial charge in [0.1, 0.15) is 11.9 Å². The van der Waals surface area contributed by atoms with Crippen molar-refractivity contribution in [1.82, 2.24) is 15.1 Å². The topological polar surface area (TPSA) is 81.6 Å². The van der Waals surface area contributed by atoms with E-state index in [1.165, 1.54) is 0 Å². The number of ether oxygens (including phenoxy) is 1. The van der Waals surface area contributed by atoms with E-state index in [9.17, 15) is 4.79 Å². The third kappa shape index (κ3) is 4.23. The molecule has 0 spiro atoms. The van der Waals surface area contributed by atoms with Crippen molar-refractivity contribution in [1.29, 1.82) is 0 Å². The summed E-state index contributed by atoms with van der Waals surface area (Å²) in [5.74, 6) is 1.19. The molecule has 0 unspecified atom stereocenters. The lowest BCUT2D eigenvalue weighted by Crippen LogP contribution is -2.39. The van der Waals surface area contributed by atoms with Crippen LogP contribution in [0, 0.1) is 0 Å². The van der Waals surface area contributed by atoms with E-state index in [1.54, 1.807) is 18.6 Å². The minimum atomic E-state index is -0.442. The maximum absolute atomic E-state index is 11.9. The van der Waals surface area contributed by atoms with Crippen LogP contribution in [0.2, 0.25) is 0 Å². The molecular weight excluding hydrogens is 310 g/mol. The van der Waals surface area contributed by atoms with Gasteiger partial charge in [-0.2, -0.15) is 0 Å². The van der Waals surface area contributed by atoms with Gasteiger partial charge in [-0.15, -0.1) is 10.2 Å². The van der Waals surface area contributed by atoms with E-state index in [2.05, 4.69) is 15.1 Å². The number of furan rings is 1. The number of rotatable bonds is 4. The third-order valence-corrected chi connectivity index (χ3v) is 3.92. The molecule has 7 nitrogen and oxygen atoms in total. The lowest BCUT2D eigenvalue weighted by atomic mass is 9.97. The van der Waals surface area contributed by atoms with E-state index in [-0.39, 0.29) is 11.9 Å². The van der Waals surface area contributed by atoms with E-state index in [0.717, 1.165) is 31.5 Å². The van der Waals surface area contributed by atoms with E-state index in [1.807, 2.05) is 20.8 Å². The Bertz CT molecular complexity index is 664. The molecule has 0 bridgehead atoms. The molecule has 7 heteroatoms. The van der Waals surface area contributed by atoms with Crippen molar-refractivity contribution in [3.63, 3.8) is 0 Å². The van der Waals surface area contributed by atoms with Gasteiger partial charge in [0.15, 0.2) is 0 Å². The molecule has 1 aliphatic rings. The fourth-order valence-electron chi connectivity index (χ4n) is 2.80. The fraction of sp³-hybridized carbons (Fsp3) is 0.588. The molecule has 0 aromatic carbocycles. The smallest absolute Gasteiger partial charge is 0.320 e. The molecule has 2 aromatic heterocycles. The van der Waals surface area contributed by atoms with E-state index >= 15 is 0 Å². The van der Waals surface area contributed by atoms with Gasteiger partial charge in [-0.25, -0.2) is 0 Å². The summed E-state index contributed by atoms with van der Waals surface area (Å²) >= 11 is 0. The Labute approximate surface area is 141 Å². The predicted octanol–water partition coefficient (Wildman–Crippen LogP) is 2.85. The fourth-order valence-corrected chi connectivity index (χ4v) is 2.80. The molecule has 2 aromatic rings. The van der Waals surface area contributed by atoms with Crippen LogP contribution in [0.4, 0.5) is 0 Å².